The van der Waals surface area contributed by atoms with Crippen LogP contribution in [0.5, 0.6) is 0 Å². The van der Waals surface area contributed by atoms with Gasteiger partial charge in [-0.1, -0.05) is 6.92 Å². The van der Waals surface area contributed by atoms with Crippen LogP contribution in [0.2, 0.25) is 0 Å². The fourth-order valence-corrected chi connectivity index (χ4v) is 1.79. The minimum absolute atomic E-state index is 0.267. The summed E-state index contributed by atoms with van der Waals surface area (Å²) in [6.07, 6.45) is 4.88. The molecule has 7 nitrogen and oxygen atoms in total. The van der Waals surface area contributed by atoms with Crippen LogP contribution in [0.25, 0.3) is 0 Å². The van der Waals surface area contributed by atoms with Gasteiger partial charge >= 0.3 is 0 Å². The van der Waals surface area contributed by atoms with E-state index in [0.29, 0.717) is 0 Å². The Kier molecular flexibility index (Phi) is 4.75. The van der Waals surface area contributed by atoms with Crippen LogP contribution in [0, 0.1) is 6.92 Å². The van der Waals surface area contributed by atoms with Gasteiger partial charge in [0.05, 0.1) is 12.7 Å². The predicted octanol–water partition coefficient (Wildman–Crippen LogP) is 1.50. The number of nitrogens with one attached hydrogen (secondary N) is 2. The Morgan fingerprint density at radius 3 is 2.50 bits per heavy atom. The van der Waals surface area contributed by atoms with Gasteiger partial charge in [0.25, 0.3) is 0 Å². The number of nitrogens with two attached hydrogens (primary N) is 1. The molecule has 0 atom stereocenters. The van der Waals surface area contributed by atoms with E-state index in [1.165, 1.54) is 0 Å². The van der Waals surface area contributed by atoms with Crippen LogP contribution in [0.1, 0.15) is 18.9 Å². The van der Waals surface area contributed by atoms with Gasteiger partial charge in [-0.25, -0.2) is 0 Å². The summed E-state index contributed by atoms with van der Waals surface area (Å²) >= 11 is 0. The molecule has 0 bridgehead atoms. The van der Waals surface area contributed by atoms with Crippen molar-refractivity contribution in [2.45, 2.75) is 26.8 Å². The highest BCUT2D eigenvalue weighted by Gasteiger charge is 2.02. The SMILES string of the molecule is CCCNc1cc(NCCn2cc(C)cn2)nc(N)n1. The third-order valence-electron chi connectivity index (χ3n) is 2.71. The van der Waals surface area contributed by atoms with Crippen LogP contribution in [-0.2, 0) is 6.54 Å². The number of anilines is 3. The molecule has 2 rings (SSSR count). The molecule has 0 aliphatic rings. The molecule has 2 aromatic rings. The van der Waals surface area contributed by atoms with Gasteiger partial charge < -0.3 is 16.4 Å². The minimum Gasteiger partial charge on any atom is -0.370 e. The molecule has 0 fully saturated rings. The Bertz CT molecular complexity index is 549. The van der Waals surface area contributed by atoms with Crippen molar-refractivity contribution in [1.82, 2.24) is 19.7 Å². The molecular weight excluding hydrogens is 254 g/mol. The summed E-state index contributed by atoms with van der Waals surface area (Å²) in [7, 11) is 0. The fraction of sp³-hybridized carbons (Fsp3) is 0.462. The molecule has 2 heterocycles. The minimum atomic E-state index is 0.267. The second kappa shape index (κ2) is 6.74. The normalized spacial score (nSPS) is 10.5. The zero-order valence-corrected chi connectivity index (χ0v) is 11.9. The summed E-state index contributed by atoms with van der Waals surface area (Å²) in [5, 5.41) is 10.7. The first kappa shape index (κ1) is 14.1. The van der Waals surface area contributed by atoms with Crippen LogP contribution < -0.4 is 16.4 Å². The summed E-state index contributed by atoms with van der Waals surface area (Å²) in [6, 6.07) is 1.86. The monoisotopic (exact) mass is 275 g/mol. The molecule has 2 aromatic heterocycles. The molecule has 7 heteroatoms. The van der Waals surface area contributed by atoms with Gasteiger partial charge in [0, 0.05) is 25.4 Å². The Balaban J connectivity index is 1.89. The largest absolute Gasteiger partial charge is 0.370 e. The molecule has 0 amide bonds. The summed E-state index contributed by atoms with van der Waals surface area (Å²) in [4.78, 5) is 8.30. The van der Waals surface area contributed by atoms with Crippen molar-refractivity contribution >= 4 is 17.6 Å². The number of aryl methyl sites for hydroxylation is 1. The van der Waals surface area contributed by atoms with Crippen molar-refractivity contribution in [1.29, 1.82) is 0 Å². The highest BCUT2D eigenvalue weighted by atomic mass is 15.3. The quantitative estimate of drug-likeness (QED) is 0.709. The van der Waals surface area contributed by atoms with E-state index in [9.17, 15) is 0 Å². The topological polar surface area (TPSA) is 93.7 Å². The molecule has 0 spiro atoms. The van der Waals surface area contributed by atoms with Gasteiger partial charge in [-0.15, -0.1) is 0 Å². The lowest BCUT2D eigenvalue weighted by atomic mass is 10.4. The van der Waals surface area contributed by atoms with E-state index in [-0.39, 0.29) is 5.95 Å². The summed E-state index contributed by atoms with van der Waals surface area (Å²) < 4.78 is 1.89. The first-order valence-corrected chi connectivity index (χ1v) is 6.78. The van der Waals surface area contributed by atoms with Gasteiger partial charge in [0.2, 0.25) is 5.95 Å². The van der Waals surface area contributed by atoms with E-state index < -0.39 is 0 Å². The maximum atomic E-state index is 5.70. The molecule has 0 saturated carbocycles. The Labute approximate surface area is 118 Å². The van der Waals surface area contributed by atoms with E-state index >= 15 is 0 Å². The van der Waals surface area contributed by atoms with Crippen molar-refractivity contribution in [2.24, 2.45) is 0 Å². The average molecular weight is 275 g/mol. The Morgan fingerprint density at radius 1 is 1.20 bits per heavy atom. The van der Waals surface area contributed by atoms with Crippen LogP contribution in [0.15, 0.2) is 18.5 Å². The molecule has 108 valence electrons. The van der Waals surface area contributed by atoms with Crippen molar-refractivity contribution in [3.05, 3.63) is 24.0 Å². The first-order valence-electron chi connectivity index (χ1n) is 6.78. The number of rotatable bonds is 7. The van der Waals surface area contributed by atoms with E-state index in [4.69, 9.17) is 5.73 Å². The van der Waals surface area contributed by atoms with Crippen molar-refractivity contribution in [3.63, 3.8) is 0 Å². The molecule has 0 aliphatic carbocycles. The molecular formula is C13H21N7. The van der Waals surface area contributed by atoms with Crippen LogP contribution in [0.4, 0.5) is 17.6 Å². The zero-order valence-electron chi connectivity index (χ0n) is 11.9. The number of nitrogen functional groups attached to an aromatic ring is 1. The smallest absolute Gasteiger partial charge is 0.223 e. The molecule has 0 unspecified atom stereocenters. The lowest BCUT2D eigenvalue weighted by molar-refractivity contribution is 0.636. The highest BCUT2D eigenvalue weighted by Crippen LogP contribution is 2.12. The first-order chi connectivity index (χ1) is 9.67. The number of hydrogen-bond donors (Lipinski definition) is 3. The number of nitrogens with zero attached hydrogens (tertiary/aromatic N) is 4. The number of aromatic nitrogens is 4. The van der Waals surface area contributed by atoms with Crippen LogP contribution >= 0.6 is 0 Å². The van der Waals surface area contributed by atoms with Gasteiger partial charge in [0.1, 0.15) is 11.6 Å². The Hall–Kier alpha value is -2.31. The average Bonchev–Trinajstić information content (AvgIpc) is 2.81. The fourth-order valence-electron chi connectivity index (χ4n) is 1.79. The van der Waals surface area contributed by atoms with E-state index in [1.807, 2.05) is 30.1 Å². The van der Waals surface area contributed by atoms with E-state index in [1.54, 1.807) is 0 Å². The lowest BCUT2D eigenvalue weighted by Gasteiger charge is -2.09. The van der Waals surface area contributed by atoms with Gasteiger partial charge in [-0.05, 0) is 18.9 Å². The summed E-state index contributed by atoms with van der Waals surface area (Å²) in [5.74, 6) is 1.74. The lowest BCUT2D eigenvalue weighted by Crippen LogP contribution is -2.13. The van der Waals surface area contributed by atoms with Gasteiger partial charge in [-0.3, -0.25) is 4.68 Å². The second-order valence-corrected chi connectivity index (χ2v) is 4.63. The van der Waals surface area contributed by atoms with Gasteiger partial charge in [0.15, 0.2) is 0 Å². The van der Waals surface area contributed by atoms with Crippen LogP contribution in [-0.4, -0.2) is 32.8 Å². The highest BCUT2D eigenvalue weighted by molar-refractivity contribution is 5.50. The van der Waals surface area contributed by atoms with Crippen LogP contribution in [0.3, 0.4) is 0 Å². The molecule has 20 heavy (non-hydrogen) atoms. The molecule has 4 N–H and O–H groups in total. The molecule has 0 radical (unpaired) electrons. The van der Waals surface area contributed by atoms with Crippen molar-refractivity contribution in [2.75, 3.05) is 29.5 Å². The molecule has 0 aromatic carbocycles. The van der Waals surface area contributed by atoms with Gasteiger partial charge in [-0.2, -0.15) is 15.1 Å². The maximum Gasteiger partial charge on any atom is 0.223 e. The zero-order chi connectivity index (χ0) is 14.4. The molecule has 0 saturated heterocycles. The van der Waals surface area contributed by atoms with Crippen molar-refractivity contribution < 1.29 is 0 Å². The summed E-state index contributed by atoms with van der Waals surface area (Å²) in [6.45, 7) is 6.49. The van der Waals surface area contributed by atoms with E-state index in [0.717, 1.165) is 43.3 Å². The Morgan fingerprint density at radius 2 is 1.90 bits per heavy atom. The van der Waals surface area contributed by atoms with Crippen molar-refractivity contribution in [3.8, 4) is 0 Å². The predicted molar refractivity (Wildman–Crippen MR) is 80.7 cm³/mol. The third-order valence-corrected chi connectivity index (χ3v) is 2.71. The standard InChI is InChI=1S/C13H21N7/c1-3-4-15-11-7-12(19-13(14)18-11)16-5-6-20-9-10(2)8-17-20/h7-9H,3-6H2,1-2H3,(H4,14,15,16,18,19). The summed E-state index contributed by atoms with van der Waals surface area (Å²) in [5.41, 5.74) is 6.85. The molecule has 0 aliphatic heterocycles. The second-order valence-electron chi connectivity index (χ2n) is 4.63. The number of hydrogen-bond acceptors (Lipinski definition) is 6. The van der Waals surface area contributed by atoms with E-state index in [2.05, 4.69) is 32.6 Å². The third kappa shape index (κ3) is 4.11. The maximum absolute atomic E-state index is 5.70.